The van der Waals surface area contributed by atoms with Crippen LogP contribution in [0.25, 0.3) is 0 Å². The highest BCUT2D eigenvalue weighted by Crippen LogP contribution is 2.40. The fourth-order valence-electron chi connectivity index (χ4n) is 2.28. The van der Waals surface area contributed by atoms with Crippen molar-refractivity contribution >= 4 is 58.9 Å². The Kier molecular flexibility index (Phi) is 6.64. The topological polar surface area (TPSA) is 84.4 Å². The summed E-state index contributed by atoms with van der Waals surface area (Å²) in [5.74, 6) is 0.296. The van der Waals surface area contributed by atoms with Crippen LogP contribution in [0.3, 0.4) is 0 Å². The molecule has 2 rings (SSSR count). The minimum atomic E-state index is -2.72. The first-order chi connectivity index (χ1) is 12.8. The lowest BCUT2D eigenvalue weighted by Gasteiger charge is -2.26. The number of amides is 1. The molecule has 0 unspecified atom stereocenters. The Morgan fingerprint density at radius 1 is 1.25 bits per heavy atom. The van der Waals surface area contributed by atoms with Gasteiger partial charge in [0, 0.05) is 18.0 Å². The van der Waals surface area contributed by atoms with E-state index in [2.05, 4.69) is 15.3 Å². The van der Waals surface area contributed by atoms with Gasteiger partial charge in [-0.3, -0.25) is 4.90 Å². The lowest BCUT2D eigenvalue weighted by atomic mass is 10.2. The third-order valence-corrected chi connectivity index (χ3v) is 5.57. The summed E-state index contributed by atoms with van der Waals surface area (Å²) in [6.45, 7) is 8.65. The van der Waals surface area contributed by atoms with Crippen molar-refractivity contribution in [2.75, 3.05) is 30.6 Å². The molecule has 0 aliphatic carbocycles. The minimum Gasteiger partial charge on any atom is -0.443 e. The maximum Gasteiger partial charge on any atom is 0.414 e. The summed E-state index contributed by atoms with van der Waals surface area (Å²) < 4.78 is 18.3. The van der Waals surface area contributed by atoms with Crippen molar-refractivity contribution in [3.63, 3.8) is 0 Å². The Morgan fingerprint density at radius 3 is 2.46 bits per heavy atom. The zero-order valence-corrected chi connectivity index (χ0v) is 19.0. The molecule has 0 spiro atoms. The lowest BCUT2D eigenvalue weighted by molar-refractivity contribution is 0.0589. The SMILES string of the molecule is CN(C(=O)OC(C)(C)C)c1ccc(Nc2nc(Cl)ncc2Cl)c(P(C)(C)=O)c1. The monoisotopic (exact) mass is 444 g/mol. The number of carbonyl (C=O) groups is 1. The summed E-state index contributed by atoms with van der Waals surface area (Å²) in [6, 6.07) is 5.10. The number of benzene rings is 1. The van der Waals surface area contributed by atoms with Gasteiger partial charge in [0.2, 0.25) is 5.28 Å². The summed E-state index contributed by atoms with van der Waals surface area (Å²) in [5, 5.41) is 3.88. The smallest absolute Gasteiger partial charge is 0.414 e. The zero-order valence-electron chi connectivity index (χ0n) is 16.6. The Balaban J connectivity index is 2.43. The van der Waals surface area contributed by atoms with E-state index in [4.69, 9.17) is 27.9 Å². The van der Waals surface area contributed by atoms with Crippen molar-refractivity contribution < 1.29 is 14.1 Å². The molecule has 0 radical (unpaired) electrons. The normalized spacial score (nSPS) is 11.9. The maximum atomic E-state index is 12.9. The number of rotatable bonds is 4. The summed E-state index contributed by atoms with van der Waals surface area (Å²) in [6.07, 6.45) is 0.868. The third-order valence-electron chi connectivity index (χ3n) is 3.58. The van der Waals surface area contributed by atoms with Crippen molar-refractivity contribution in [2.24, 2.45) is 0 Å². The first-order valence-electron chi connectivity index (χ1n) is 8.39. The number of aromatic nitrogens is 2. The van der Waals surface area contributed by atoms with Gasteiger partial charge >= 0.3 is 6.09 Å². The van der Waals surface area contributed by atoms with Gasteiger partial charge in [-0.15, -0.1) is 0 Å². The summed E-state index contributed by atoms with van der Waals surface area (Å²) in [4.78, 5) is 21.6. The van der Waals surface area contributed by atoms with Crippen LogP contribution in [0, 0.1) is 0 Å². The number of nitrogens with zero attached hydrogens (tertiary/aromatic N) is 3. The molecular weight excluding hydrogens is 422 g/mol. The molecular formula is C18H23Cl2N4O3P. The van der Waals surface area contributed by atoms with Gasteiger partial charge in [0.15, 0.2) is 5.82 Å². The fourth-order valence-corrected chi connectivity index (χ4v) is 3.70. The van der Waals surface area contributed by atoms with Gasteiger partial charge in [-0.1, -0.05) is 11.6 Å². The van der Waals surface area contributed by atoms with Crippen LogP contribution in [0.4, 0.5) is 22.0 Å². The van der Waals surface area contributed by atoms with E-state index >= 15 is 0 Å². The van der Waals surface area contributed by atoms with Crippen molar-refractivity contribution in [2.45, 2.75) is 26.4 Å². The van der Waals surface area contributed by atoms with E-state index in [-0.39, 0.29) is 10.3 Å². The second kappa shape index (κ2) is 8.27. The average Bonchev–Trinajstić information content (AvgIpc) is 2.55. The van der Waals surface area contributed by atoms with Gasteiger partial charge in [0.1, 0.15) is 17.8 Å². The second-order valence-electron chi connectivity index (χ2n) is 7.55. The summed E-state index contributed by atoms with van der Waals surface area (Å²) in [7, 11) is -1.12. The summed E-state index contributed by atoms with van der Waals surface area (Å²) in [5.41, 5.74) is 0.473. The molecule has 0 aliphatic rings. The van der Waals surface area contributed by atoms with Crippen molar-refractivity contribution in [3.05, 3.63) is 34.7 Å². The molecule has 0 bridgehead atoms. The van der Waals surface area contributed by atoms with Gasteiger partial charge in [-0.2, -0.15) is 4.98 Å². The van der Waals surface area contributed by atoms with E-state index in [9.17, 15) is 9.36 Å². The molecule has 7 nitrogen and oxygen atoms in total. The number of nitrogens with one attached hydrogen (secondary N) is 1. The van der Waals surface area contributed by atoms with E-state index in [0.717, 1.165) is 0 Å². The molecule has 1 aromatic heterocycles. The predicted molar refractivity (Wildman–Crippen MR) is 116 cm³/mol. The Labute approximate surface area is 174 Å². The molecule has 1 aromatic carbocycles. The Hall–Kier alpha value is -1.82. The maximum absolute atomic E-state index is 12.9. The van der Waals surface area contributed by atoms with Crippen molar-refractivity contribution in [1.82, 2.24) is 9.97 Å². The lowest BCUT2D eigenvalue weighted by Crippen LogP contribution is -2.34. The summed E-state index contributed by atoms with van der Waals surface area (Å²) >= 11 is 11.9. The molecule has 152 valence electrons. The van der Waals surface area contributed by atoms with Crippen molar-refractivity contribution in [1.29, 1.82) is 0 Å². The first kappa shape index (κ1) is 22.5. The van der Waals surface area contributed by atoms with Crippen LogP contribution in [0.15, 0.2) is 24.4 Å². The van der Waals surface area contributed by atoms with E-state index in [1.54, 1.807) is 59.3 Å². The van der Waals surface area contributed by atoms with Crippen LogP contribution in [0.1, 0.15) is 20.8 Å². The number of halogens is 2. The fraction of sp³-hybridized carbons (Fsp3) is 0.389. The van der Waals surface area contributed by atoms with E-state index in [0.29, 0.717) is 22.5 Å². The standard InChI is InChI=1S/C18H23Cl2N4O3P/c1-18(2,3)27-17(25)24(4)11-7-8-13(14(9-11)28(5,6)26)22-15-12(19)10-21-16(20)23-15/h7-10H,1-6H3,(H,21,22,23). The number of carbonyl (C=O) groups excluding carboxylic acids is 1. The van der Waals surface area contributed by atoms with E-state index < -0.39 is 18.8 Å². The van der Waals surface area contributed by atoms with Gasteiger partial charge < -0.3 is 14.6 Å². The first-order valence-corrected chi connectivity index (χ1v) is 11.7. The quantitative estimate of drug-likeness (QED) is 0.518. The van der Waals surface area contributed by atoms with Crippen LogP contribution < -0.4 is 15.5 Å². The number of hydrogen-bond acceptors (Lipinski definition) is 6. The molecule has 0 aliphatic heterocycles. The number of hydrogen-bond donors (Lipinski definition) is 1. The zero-order chi connectivity index (χ0) is 21.3. The second-order valence-corrected chi connectivity index (χ2v) is 11.5. The van der Waals surface area contributed by atoms with Gasteiger partial charge in [0.25, 0.3) is 0 Å². The highest BCUT2D eigenvalue weighted by atomic mass is 35.5. The molecule has 0 atom stereocenters. The van der Waals surface area contributed by atoms with Gasteiger partial charge in [0.05, 0.1) is 11.9 Å². The average molecular weight is 445 g/mol. The Morgan fingerprint density at radius 2 is 1.89 bits per heavy atom. The molecule has 28 heavy (non-hydrogen) atoms. The van der Waals surface area contributed by atoms with Crippen LogP contribution in [0.2, 0.25) is 10.3 Å². The third kappa shape index (κ3) is 5.84. The number of ether oxygens (including phenoxy) is 1. The highest BCUT2D eigenvalue weighted by molar-refractivity contribution is 7.70. The number of anilines is 3. The van der Waals surface area contributed by atoms with Gasteiger partial charge in [-0.05, 0) is 63.9 Å². The van der Waals surface area contributed by atoms with Crippen molar-refractivity contribution in [3.8, 4) is 0 Å². The molecule has 0 saturated heterocycles. The molecule has 0 saturated carbocycles. The Bertz CT molecular complexity index is 941. The molecule has 1 heterocycles. The van der Waals surface area contributed by atoms with E-state index in [1.807, 2.05) is 0 Å². The van der Waals surface area contributed by atoms with Gasteiger partial charge in [-0.25, -0.2) is 9.78 Å². The molecule has 1 N–H and O–H groups in total. The predicted octanol–water partition coefficient (Wildman–Crippen LogP) is 5.15. The molecule has 2 aromatic rings. The van der Waals surface area contributed by atoms with E-state index in [1.165, 1.54) is 11.1 Å². The molecule has 10 heteroatoms. The van der Waals surface area contributed by atoms with Crippen LogP contribution in [-0.2, 0) is 9.30 Å². The van der Waals surface area contributed by atoms with Crippen LogP contribution in [-0.4, -0.2) is 42.0 Å². The molecule has 0 fully saturated rings. The van der Waals surface area contributed by atoms with Crippen LogP contribution >= 0.6 is 30.3 Å². The minimum absolute atomic E-state index is 0.0332. The highest BCUT2D eigenvalue weighted by Gasteiger charge is 2.24. The molecule has 1 amide bonds. The van der Waals surface area contributed by atoms with Crippen LogP contribution in [0.5, 0.6) is 0 Å². The largest absolute Gasteiger partial charge is 0.443 e.